The lowest BCUT2D eigenvalue weighted by atomic mass is 9.94. The molecule has 2 atom stereocenters. The fourth-order valence-corrected chi connectivity index (χ4v) is 2.94. The van der Waals surface area contributed by atoms with Crippen LogP contribution in [0.15, 0.2) is 40.9 Å². The van der Waals surface area contributed by atoms with Gasteiger partial charge in [0.25, 0.3) is 0 Å². The molecule has 2 aromatic carbocycles. The Hall–Kier alpha value is -1.59. The second-order valence-electron chi connectivity index (χ2n) is 4.93. The maximum atomic E-state index is 13.4. The maximum Gasteiger partial charge on any atom is 0.130 e. The summed E-state index contributed by atoms with van der Waals surface area (Å²) in [6.45, 7) is 0. The minimum atomic E-state index is -0.692. The van der Waals surface area contributed by atoms with Crippen molar-refractivity contribution in [3.8, 4) is 11.5 Å². The van der Waals surface area contributed by atoms with Crippen LogP contribution in [0, 0.1) is 5.82 Å². The Bertz CT molecular complexity index is 675. The summed E-state index contributed by atoms with van der Waals surface area (Å²) in [4.78, 5) is 0. The Morgan fingerprint density at radius 3 is 2.81 bits per heavy atom. The van der Waals surface area contributed by atoms with Crippen molar-refractivity contribution < 1.29 is 19.0 Å². The first-order valence-corrected chi connectivity index (χ1v) is 7.35. The molecular weight excluding hydrogens is 339 g/mol. The van der Waals surface area contributed by atoms with Crippen molar-refractivity contribution in [2.45, 2.75) is 18.6 Å². The van der Waals surface area contributed by atoms with Crippen molar-refractivity contribution in [1.29, 1.82) is 0 Å². The highest BCUT2D eigenvalue weighted by Gasteiger charge is 2.30. The summed E-state index contributed by atoms with van der Waals surface area (Å²) in [5.41, 5.74) is 1.43. The maximum absolute atomic E-state index is 13.4. The third kappa shape index (κ3) is 2.76. The van der Waals surface area contributed by atoms with Crippen molar-refractivity contribution in [2.75, 3.05) is 7.11 Å². The van der Waals surface area contributed by atoms with E-state index in [-0.39, 0.29) is 11.9 Å². The number of aliphatic hydroxyl groups excluding tert-OH is 1. The summed E-state index contributed by atoms with van der Waals surface area (Å²) in [7, 11) is 1.58. The molecule has 1 aliphatic rings. The van der Waals surface area contributed by atoms with Gasteiger partial charge in [0.05, 0.1) is 13.2 Å². The SMILES string of the molecule is COc1ccc(Br)cc1C1C[C@H](O)c2ccc(F)cc2O1. The predicted octanol–water partition coefficient (Wildman–Crippen LogP) is 4.15. The number of hydrogen-bond donors (Lipinski definition) is 1. The minimum Gasteiger partial charge on any atom is -0.496 e. The lowest BCUT2D eigenvalue weighted by Crippen LogP contribution is -2.19. The van der Waals surface area contributed by atoms with Crippen molar-refractivity contribution in [1.82, 2.24) is 0 Å². The molecule has 0 bridgehead atoms. The van der Waals surface area contributed by atoms with E-state index in [9.17, 15) is 9.50 Å². The molecule has 21 heavy (non-hydrogen) atoms. The molecule has 1 heterocycles. The molecule has 2 aromatic rings. The summed E-state index contributed by atoms with van der Waals surface area (Å²) >= 11 is 3.42. The monoisotopic (exact) mass is 352 g/mol. The van der Waals surface area contributed by atoms with E-state index in [4.69, 9.17) is 9.47 Å². The second kappa shape index (κ2) is 5.66. The zero-order chi connectivity index (χ0) is 15.0. The molecule has 5 heteroatoms. The number of aliphatic hydroxyl groups is 1. The number of methoxy groups -OCH3 is 1. The van der Waals surface area contributed by atoms with Crippen molar-refractivity contribution in [3.05, 3.63) is 57.8 Å². The highest BCUT2D eigenvalue weighted by molar-refractivity contribution is 9.10. The van der Waals surface area contributed by atoms with E-state index in [0.29, 0.717) is 23.5 Å². The van der Waals surface area contributed by atoms with Gasteiger partial charge in [0.15, 0.2) is 0 Å². The van der Waals surface area contributed by atoms with Gasteiger partial charge in [0.1, 0.15) is 23.4 Å². The molecule has 3 nitrogen and oxygen atoms in total. The average molecular weight is 353 g/mol. The standard InChI is InChI=1S/C16H14BrFO3/c1-20-14-5-2-9(17)6-12(14)16-8-13(19)11-4-3-10(18)7-15(11)21-16/h2-7,13,16,19H,8H2,1H3/t13-,16?/m0/s1. The van der Waals surface area contributed by atoms with E-state index >= 15 is 0 Å². The number of fused-ring (bicyclic) bond motifs is 1. The molecule has 0 radical (unpaired) electrons. The van der Waals surface area contributed by atoms with Gasteiger partial charge in [-0.15, -0.1) is 0 Å². The third-order valence-corrected chi connectivity index (χ3v) is 4.07. The van der Waals surface area contributed by atoms with Gasteiger partial charge in [-0.2, -0.15) is 0 Å². The summed E-state index contributed by atoms with van der Waals surface area (Å²) in [5.74, 6) is 0.666. The van der Waals surface area contributed by atoms with Crippen LogP contribution in [0.5, 0.6) is 11.5 Å². The van der Waals surface area contributed by atoms with E-state index in [2.05, 4.69) is 15.9 Å². The molecule has 0 saturated heterocycles. The first-order chi connectivity index (χ1) is 10.1. The topological polar surface area (TPSA) is 38.7 Å². The van der Waals surface area contributed by atoms with Gasteiger partial charge in [0.2, 0.25) is 0 Å². The van der Waals surface area contributed by atoms with Crippen LogP contribution in [0.3, 0.4) is 0 Å². The van der Waals surface area contributed by atoms with Gasteiger partial charge in [-0.25, -0.2) is 4.39 Å². The minimum absolute atomic E-state index is 0.376. The Labute approximate surface area is 130 Å². The van der Waals surface area contributed by atoms with Crippen molar-refractivity contribution in [2.24, 2.45) is 0 Å². The van der Waals surface area contributed by atoms with Crippen LogP contribution in [0.25, 0.3) is 0 Å². The van der Waals surface area contributed by atoms with E-state index in [1.165, 1.54) is 12.1 Å². The van der Waals surface area contributed by atoms with Crippen molar-refractivity contribution in [3.63, 3.8) is 0 Å². The zero-order valence-electron chi connectivity index (χ0n) is 11.3. The van der Waals surface area contributed by atoms with Gasteiger partial charge >= 0.3 is 0 Å². The molecule has 0 fully saturated rings. The number of halogens is 2. The molecule has 0 amide bonds. The van der Waals surface area contributed by atoms with E-state index in [1.54, 1.807) is 13.2 Å². The Morgan fingerprint density at radius 2 is 2.05 bits per heavy atom. The highest BCUT2D eigenvalue weighted by atomic mass is 79.9. The van der Waals surface area contributed by atoms with Gasteiger partial charge in [-0.1, -0.05) is 15.9 Å². The Morgan fingerprint density at radius 1 is 1.24 bits per heavy atom. The molecule has 0 spiro atoms. The van der Waals surface area contributed by atoms with Crippen LogP contribution in [0.4, 0.5) is 4.39 Å². The van der Waals surface area contributed by atoms with E-state index in [0.717, 1.165) is 10.0 Å². The van der Waals surface area contributed by atoms with Crippen LogP contribution < -0.4 is 9.47 Å². The molecule has 110 valence electrons. The first kappa shape index (κ1) is 14.4. The van der Waals surface area contributed by atoms with E-state index in [1.807, 2.05) is 18.2 Å². The number of ether oxygens (including phenoxy) is 2. The smallest absolute Gasteiger partial charge is 0.130 e. The lowest BCUT2D eigenvalue weighted by molar-refractivity contribution is 0.0641. The fourth-order valence-electron chi connectivity index (χ4n) is 2.56. The lowest BCUT2D eigenvalue weighted by Gasteiger charge is -2.30. The zero-order valence-corrected chi connectivity index (χ0v) is 12.9. The normalized spacial score (nSPS) is 20.6. The van der Waals surface area contributed by atoms with Gasteiger partial charge in [0, 0.05) is 28.1 Å². The molecule has 1 aliphatic heterocycles. The molecular formula is C16H14BrFO3. The van der Waals surface area contributed by atoms with Gasteiger partial charge in [-0.05, 0) is 30.3 Å². The summed E-state index contributed by atoms with van der Waals surface area (Å²) in [6.07, 6.45) is -0.685. The third-order valence-electron chi connectivity index (χ3n) is 3.58. The molecule has 0 saturated carbocycles. The molecule has 3 rings (SSSR count). The molecule has 0 aliphatic carbocycles. The van der Waals surface area contributed by atoms with E-state index < -0.39 is 6.10 Å². The molecule has 0 aromatic heterocycles. The number of rotatable bonds is 2. The van der Waals surface area contributed by atoms with Crippen LogP contribution in [0.1, 0.15) is 29.8 Å². The number of hydrogen-bond acceptors (Lipinski definition) is 3. The average Bonchev–Trinajstić information content (AvgIpc) is 2.46. The van der Waals surface area contributed by atoms with Crippen LogP contribution in [0.2, 0.25) is 0 Å². The summed E-state index contributed by atoms with van der Waals surface area (Å²) in [6, 6.07) is 9.77. The Balaban J connectivity index is 2.01. The molecule has 1 N–H and O–H groups in total. The van der Waals surface area contributed by atoms with Gasteiger partial charge in [-0.3, -0.25) is 0 Å². The largest absolute Gasteiger partial charge is 0.496 e. The van der Waals surface area contributed by atoms with Gasteiger partial charge < -0.3 is 14.6 Å². The first-order valence-electron chi connectivity index (χ1n) is 6.56. The second-order valence-corrected chi connectivity index (χ2v) is 5.84. The quantitative estimate of drug-likeness (QED) is 0.882. The predicted molar refractivity (Wildman–Crippen MR) is 80.0 cm³/mol. The van der Waals surface area contributed by atoms with Crippen LogP contribution in [-0.4, -0.2) is 12.2 Å². The fraction of sp³-hybridized carbons (Fsp3) is 0.250. The van der Waals surface area contributed by atoms with Crippen LogP contribution >= 0.6 is 15.9 Å². The van der Waals surface area contributed by atoms with Crippen molar-refractivity contribution >= 4 is 15.9 Å². The molecule has 1 unspecified atom stereocenters. The summed E-state index contributed by atoms with van der Waals surface area (Å²) < 4.78 is 25.5. The summed E-state index contributed by atoms with van der Waals surface area (Å²) in [5, 5.41) is 10.3. The Kier molecular flexibility index (Phi) is 3.87. The van der Waals surface area contributed by atoms with Crippen LogP contribution in [-0.2, 0) is 0 Å². The highest BCUT2D eigenvalue weighted by Crippen LogP contribution is 2.43. The number of benzene rings is 2.